The molecule has 0 amide bonds. The van der Waals surface area contributed by atoms with Crippen molar-refractivity contribution in [2.45, 2.75) is 0 Å². The van der Waals surface area contributed by atoms with Crippen molar-refractivity contribution in [2.75, 3.05) is 0 Å². The van der Waals surface area contributed by atoms with Crippen LogP contribution in [0, 0.1) is 0 Å². The van der Waals surface area contributed by atoms with Gasteiger partial charge >= 0.3 is 0 Å². The summed E-state index contributed by atoms with van der Waals surface area (Å²) in [5, 5.41) is 2.28. The van der Waals surface area contributed by atoms with Gasteiger partial charge in [0.05, 0.1) is 50.2 Å². The van der Waals surface area contributed by atoms with Gasteiger partial charge in [0.15, 0.2) is 0 Å². The van der Waals surface area contributed by atoms with E-state index in [0.29, 0.717) is 0 Å². The minimum Gasteiger partial charge on any atom is -0.308 e. The largest absolute Gasteiger partial charge is 0.308 e. The Morgan fingerprint density at radius 3 is 1.62 bits per heavy atom. The molecule has 0 aliphatic rings. The van der Waals surface area contributed by atoms with Crippen LogP contribution in [-0.2, 0) is 0 Å². The molecule has 0 aliphatic carbocycles. The number of rotatable bonds is 5. The van der Waals surface area contributed by atoms with E-state index in [-0.39, 0.29) is 0 Å². The standard InChI is InChI=1S/C44H28N6/c1-3-15-39-34(12-1)43-41(17-8-24-46-43)49(39)32-21-19-29(20-22-32)37-27-31(28-38(48-37)36-14-5-6-23-45-36)30-10-7-11-33(26-30)50-40-16-4-2-13-35(40)44-42(50)18-9-25-47-44/h1-28H. The topological polar surface area (TPSA) is 61.4 Å². The van der Waals surface area contributed by atoms with Crippen molar-refractivity contribution in [3.63, 3.8) is 0 Å². The number of pyridine rings is 4. The van der Waals surface area contributed by atoms with Gasteiger partial charge in [-0.3, -0.25) is 15.0 Å². The van der Waals surface area contributed by atoms with Crippen LogP contribution in [0.25, 0.3) is 89.0 Å². The van der Waals surface area contributed by atoms with E-state index in [1.165, 1.54) is 0 Å². The number of para-hydroxylation sites is 2. The summed E-state index contributed by atoms with van der Waals surface area (Å²) in [6.45, 7) is 0. The average Bonchev–Trinajstić information content (AvgIpc) is 3.71. The molecule has 6 heterocycles. The van der Waals surface area contributed by atoms with E-state index in [1.807, 2.05) is 48.9 Å². The number of hydrogen-bond acceptors (Lipinski definition) is 4. The molecular formula is C44H28N6. The predicted molar refractivity (Wildman–Crippen MR) is 203 cm³/mol. The van der Waals surface area contributed by atoms with Gasteiger partial charge in [-0.25, -0.2) is 4.98 Å². The van der Waals surface area contributed by atoms with Gasteiger partial charge in [-0.05, 0) is 96.1 Å². The minimum absolute atomic E-state index is 0.821. The molecule has 6 aromatic heterocycles. The molecule has 0 radical (unpaired) electrons. The average molecular weight is 641 g/mol. The summed E-state index contributed by atoms with van der Waals surface area (Å²) in [6, 6.07) is 52.7. The lowest BCUT2D eigenvalue weighted by molar-refractivity contribution is 1.17. The van der Waals surface area contributed by atoms with Crippen molar-refractivity contribution in [1.29, 1.82) is 0 Å². The summed E-state index contributed by atoms with van der Waals surface area (Å²) in [7, 11) is 0. The number of hydrogen-bond donors (Lipinski definition) is 0. The van der Waals surface area contributed by atoms with Crippen LogP contribution in [0.1, 0.15) is 0 Å². The highest BCUT2D eigenvalue weighted by molar-refractivity contribution is 6.08. The van der Waals surface area contributed by atoms with Gasteiger partial charge in [0, 0.05) is 46.3 Å². The highest BCUT2D eigenvalue weighted by atomic mass is 15.0. The Bertz CT molecular complexity index is 2760. The Balaban J connectivity index is 1.11. The smallest absolute Gasteiger partial charge is 0.0963 e. The summed E-state index contributed by atoms with van der Waals surface area (Å²) in [6.07, 6.45) is 5.53. The zero-order valence-corrected chi connectivity index (χ0v) is 26.8. The molecule has 10 rings (SSSR count). The van der Waals surface area contributed by atoms with Gasteiger partial charge < -0.3 is 9.13 Å². The summed E-state index contributed by atoms with van der Waals surface area (Å²) in [5.41, 5.74) is 14.3. The third-order valence-corrected chi connectivity index (χ3v) is 9.47. The monoisotopic (exact) mass is 640 g/mol. The van der Waals surface area contributed by atoms with Crippen molar-refractivity contribution in [3.8, 4) is 45.1 Å². The fourth-order valence-electron chi connectivity index (χ4n) is 7.22. The molecule has 0 saturated carbocycles. The van der Waals surface area contributed by atoms with Crippen molar-refractivity contribution < 1.29 is 0 Å². The molecule has 6 nitrogen and oxygen atoms in total. The minimum atomic E-state index is 0.821. The molecule has 0 bridgehead atoms. The van der Waals surface area contributed by atoms with E-state index in [1.54, 1.807) is 0 Å². The molecule has 0 N–H and O–H groups in total. The summed E-state index contributed by atoms with van der Waals surface area (Å²) in [4.78, 5) is 19.3. The molecule has 0 aliphatic heterocycles. The van der Waals surface area contributed by atoms with Gasteiger partial charge in [-0.2, -0.15) is 0 Å². The van der Waals surface area contributed by atoms with Crippen LogP contribution < -0.4 is 0 Å². The molecule has 0 spiro atoms. The highest BCUT2D eigenvalue weighted by Gasteiger charge is 2.16. The van der Waals surface area contributed by atoms with Gasteiger partial charge in [0.25, 0.3) is 0 Å². The summed E-state index contributed by atoms with van der Waals surface area (Å²) < 4.78 is 4.58. The molecule has 0 fully saturated rings. The maximum atomic E-state index is 5.15. The zero-order chi connectivity index (χ0) is 33.0. The SMILES string of the molecule is c1ccc(-c2cc(-c3cccc(-n4c5ccccc5c5ncccc54)c3)cc(-c3ccc(-n4c5ccccc5c5ncccc54)cc3)n2)nc1. The van der Waals surface area contributed by atoms with E-state index < -0.39 is 0 Å². The first-order chi connectivity index (χ1) is 24.8. The van der Waals surface area contributed by atoms with E-state index in [2.05, 4.69) is 135 Å². The molecule has 4 aromatic carbocycles. The lowest BCUT2D eigenvalue weighted by Crippen LogP contribution is -1.96. The normalized spacial score (nSPS) is 11.6. The second kappa shape index (κ2) is 11.4. The fraction of sp³-hybridized carbons (Fsp3) is 0. The van der Waals surface area contributed by atoms with E-state index in [4.69, 9.17) is 15.0 Å². The van der Waals surface area contributed by atoms with Crippen molar-refractivity contribution in [2.24, 2.45) is 0 Å². The van der Waals surface area contributed by atoms with Crippen molar-refractivity contribution >= 4 is 43.9 Å². The Hall–Kier alpha value is -6.92. The Morgan fingerprint density at radius 1 is 0.340 bits per heavy atom. The summed E-state index contributed by atoms with van der Waals surface area (Å²) in [5.74, 6) is 0. The first-order valence-electron chi connectivity index (χ1n) is 16.6. The van der Waals surface area contributed by atoms with Crippen LogP contribution in [-0.4, -0.2) is 29.1 Å². The fourth-order valence-corrected chi connectivity index (χ4v) is 7.22. The van der Waals surface area contributed by atoms with Crippen molar-refractivity contribution in [3.05, 3.63) is 170 Å². The van der Waals surface area contributed by atoms with Gasteiger partial charge in [0.1, 0.15) is 0 Å². The van der Waals surface area contributed by atoms with Crippen LogP contribution >= 0.6 is 0 Å². The molecular weight excluding hydrogens is 613 g/mol. The first kappa shape index (κ1) is 28.1. The molecule has 234 valence electrons. The number of benzene rings is 4. The third kappa shape index (κ3) is 4.50. The number of fused-ring (bicyclic) bond motifs is 6. The molecule has 0 atom stereocenters. The molecule has 10 aromatic rings. The summed E-state index contributed by atoms with van der Waals surface area (Å²) >= 11 is 0. The number of aromatic nitrogens is 6. The third-order valence-electron chi connectivity index (χ3n) is 9.47. The van der Waals surface area contributed by atoms with Crippen molar-refractivity contribution in [1.82, 2.24) is 29.1 Å². The van der Waals surface area contributed by atoms with Gasteiger partial charge in [0.2, 0.25) is 0 Å². The van der Waals surface area contributed by atoms with Gasteiger partial charge in [-0.1, -0.05) is 66.7 Å². The second-order valence-electron chi connectivity index (χ2n) is 12.4. The Morgan fingerprint density at radius 2 is 0.940 bits per heavy atom. The van der Waals surface area contributed by atoms with Crippen LogP contribution in [0.2, 0.25) is 0 Å². The van der Waals surface area contributed by atoms with Gasteiger partial charge in [-0.15, -0.1) is 0 Å². The zero-order valence-electron chi connectivity index (χ0n) is 26.8. The second-order valence-corrected chi connectivity index (χ2v) is 12.4. The lowest BCUT2D eigenvalue weighted by atomic mass is 10.0. The highest BCUT2D eigenvalue weighted by Crippen LogP contribution is 2.35. The van der Waals surface area contributed by atoms with Crippen LogP contribution in [0.15, 0.2) is 170 Å². The molecule has 50 heavy (non-hydrogen) atoms. The number of nitrogens with zero attached hydrogens (tertiary/aromatic N) is 6. The maximum absolute atomic E-state index is 5.15. The Labute approximate surface area is 287 Å². The van der Waals surface area contributed by atoms with E-state index in [0.717, 1.165) is 89.0 Å². The van der Waals surface area contributed by atoms with E-state index in [9.17, 15) is 0 Å². The van der Waals surface area contributed by atoms with Crippen LogP contribution in [0.4, 0.5) is 0 Å². The first-order valence-corrected chi connectivity index (χ1v) is 16.6. The van der Waals surface area contributed by atoms with E-state index >= 15 is 0 Å². The predicted octanol–water partition coefficient (Wildman–Crippen LogP) is 10.5. The Kier molecular flexibility index (Phi) is 6.39. The molecule has 6 heteroatoms. The quantitative estimate of drug-likeness (QED) is 0.188. The maximum Gasteiger partial charge on any atom is 0.0963 e. The van der Waals surface area contributed by atoms with Crippen LogP contribution in [0.5, 0.6) is 0 Å². The molecule has 0 unspecified atom stereocenters. The lowest BCUT2D eigenvalue weighted by Gasteiger charge is -2.13. The molecule has 0 saturated heterocycles. The van der Waals surface area contributed by atoms with Crippen LogP contribution in [0.3, 0.4) is 0 Å².